The molecule has 1 heterocycles. The van der Waals surface area contributed by atoms with Crippen molar-refractivity contribution in [1.82, 2.24) is 5.32 Å². The molecule has 0 saturated heterocycles. The second-order valence-electron chi connectivity index (χ2n) is 5.06. The smallest absolute Gasteiger partial charge is 0.0434 e. The van der Waals surface area contributed by atoms with Gasteiger partial charge in [0.2, 0.25) is 0 Å². The molecule has 0 amide bonds. The van der Waals surface area contributed by atoms with Gasteiger partial charge in [-0.2, -0.15) is 11.3 Å². The third kappa shape index (κ3) is 3.62. The van der Waals surface area contributed by atoms with Crippen LogP contribution in [0.3, 0.4) is 0 Å². The van der Waals surface area contributed by atoms with Gasteiger partial charge in [0.05, 0.1) is 0 Å². The minimum Gasteiger partial charge on any atom is -0.370 e. The van der Waals surface area contributed by atoms with Crippen LogP contribution in [0.2, 0.25) is 0 Å². The Labute approximate surface area is 126 Å². The molecule has 2 nitrogen and oxygen atoms in total. The third-order valence-corrected chi connectivity index (χ3v) is 4.31. The van der Waals surface area contributed by atoms with E-state index in [1.165, 1.54) is 16.8 Å². The molecule has 0 fully saturated rings. The lowest BCUT2D eigenvalue weighted by Gasteiger charge is -2.26. The highest BCUT2D eigenvalue weighted by molar-refractivity contribution is 7.07. The van der Waals surface area contributed by atoms with Crippen molar-refractivity contribution >= 4 is 17.0 Å². The molecule has 1 N–H and O–H groups in total. The third-order valence-electron chi connectivity index (χ3n) is 3.58. The van der Waals surface area contributed by atoms with E-state index in [-0.39, 0.29) is 0 Å². The number of nitrogens with zero attached hydrogens (tertiary/aromatic N) is 1. The Morgan fingerprint density at radius 1 is 1.20 bits per heavy atom. The van der Waals surface area contributed by atoms with E-state index in [1.807, 2.05) is 0 Å². The van der Waals surface area contributed by atoms with Crippen LogP contribution in [-0.4, -0.2) is 13.6 Å². The molecular formula is C17H24N2S. The Kier molecular flexibility index (Phi) is 5.62. The van der Waals surface area contributed by atoms with Crippen LogP contribution >= 0.6 is 11.3 Å². The molecule has 2 aromatic rings. The van der Waals surface area contributed by atoms with Crippen LogP contribution in [0.4, 0.5) is 5.69 Å². The maximum atomic E-state index is 3.58. The molecule has 108 valence electrons. The molecule has 1 aromatic carbocycles. The van der Waals surface area contributed by atoms with Crippen molar-refractivity contribution in [1.29, 1.82) is 0 Å². The fourth-order valence-corrected chi connectivity index (χ4v) is 3.25. The van der Waals surface area contributed by atoms with E-state index >= 15 is 0 Å². The van der Waals surface area contributed by atoms with Crippen molar-refractivity contribution in [3.63, 3.8) is 0 Å². The van der Waals surface area contributed by atoms with Crippen molar-refractivity contribution in [3.05, 3.63) is 52.2 Å². The number of benzene rings is 1. The molecule has 0 aliphatic heterocycles. The summed E-state index contributed by atoms with van der Waals surface area (Å²) in [6.07, 6.45) is 1.11. The first-order chi connectivity index (χ1) is 9.76. The summed E-state index contributed by atoms with van der Waals surface area (Å²) in [5.41, 5.74) is 4.10. The summed E-state index contributed by atoms with van der Waals surface area (Å²) in [5, 5.41) is 7.94. The molecule has 3 heteroatoms. The van der Waals surface area contributed by atoms with Gasteiger partial charge in [0.1, 0.15) is 0 Å². The fraction of sp³-hybridized carbons (Fsp3) is 0.412. The summed E-state index contributed by atoms with van der Waals surface area (Å²) in [6, 6.07) is 11.4. The minimum atomic E-state index is 0.432. The number of thiophene rings is 1. The van der Waals surface area contributed by atoms with E-state index < -0.39 is 0 Å². The van der Waals surface area contributed by atoms with Crippen LogP contribution in [0.25, 0.3) is 0 Å². The van der Waals surface area contributed by atoms with Crippen molar-refractivity contribution in [2.45, 2.75) is 32.9 Å². The molecule has 0 bridgehead atoms. The lowest BCUT2D eigenvalue weighted by molar-refractivity contribution is 0.537. The van der Waals surface area contributed by atoms with E-state index in [0.29, 0.717) is 6.04 Å². The topological polar surface area (TPSA) is 15.3 Å². The van der Waals surface area contributed by atoms with Crippen LogP contribution in [0, 0.1) is 0 Å². The molecule has 1 aromatic heterocycles. The van der Waals surface area contributed by atoms with Crippen LogP contribution in [0.5, 0.6) is 0 Å². The Hall–Kier alpha value is -1.32. The van der Waals surface area contributed by atoms with E-state index in [0.717, 1.165) is 19.5 Å². The maximum absolute atomic E-state index is 3.58. The molecule has 0 radical (unpaired) electrons. The van der Waals surface area contributed by atoms with Crippen LogP contribution in [0.1, 0.15) is 37.4 Å². The van der Waals surface area contributed by atoms with E-state index in [9.17, 15) is 0 Å². The maximum Gasteiger partial charge on any atom is 0.0434 e. The number of rotatable bonds is 7. The summed E-state index contributed by atoms with van der Waals surface area (Å²) >= 11 is 1.76. The van der Waals surface area contributed by atoms with Gasteiger partial charge >= 0.3 is 0 Å². The number of hydrogen-bond donors (Lipinski definition) is 1. The van der Waals surface area contributed by atoms with Gasteiger partial charge in [-0.25, -0.2) is 0 Å². The highest BCUT2D eigenvalue weighted by Gasteiger charge is 2.14. The predicted molar refractivity (Wildman–Crippen MR) is 89.6 cm³/mol. The standard InChI is InChI=1S/C17H24N2S/c1-4-16(18-5-2)15-8-6-7-9-17(15)19(3)12-14-10-11-20-13-14/h6-11,13,16,18H,4-5,12H2,1-3H3. The quantitative estimate of drug-likeness (QED) is 0.810. The lowest BCUT2D eigenvalue weighted by Crippen LogP contribution is -2.24. The van der Waals surface area contributed by atoms with E-state index in [1.54, 1.807) is 11.3 Å². The number of para-hydroxylation sites is 1. The predicted octanol–water partition coefficient (Wildman–Crippen LogP) is 4.45. The first kappa shape index (κ1) is 15.1. The highest BCUT2D eigenvalue weighted by Crippen LogP contribution is 2.28. The van der Waals surface area contributed by atoms with Gasteiger partial charge in [-0.05, 0) is 47.0 Å². The van der Waals surface area contributed by atoms with Crippen LogP contribution < -0.4 is 10.2 Å². The second kappa shape index (κ2) is 7.46. The van der Waals surface area contributed by atoms with Crippen LogP contribution in [0.15, 0.2) is 41.1 Å². The SMILES string of the molecule is CCNC(CC)c1ccccc1N(C)Cc1ccsc1. The molecule has 0 aliphatic rings. The van der Waals surface area contributed by atoms with Gasteiger partial charge in [0.15, 0.2) is 0 Å². The first-order valence-corrected chi connectivity index (χ1v) is 8.25. The zero-order valence-corrected chi connectivity index (χ0v) is 13.4. The summed E-state index contributed by atoms with van der Waals surface area (Å²) in [7, 11) is 2.18. The second-order valence-corrected chi connectivity index (χ2v) is 5.85. The average Bonchev–Trinajstić information content (AvgIpc) is 2.97. The molecule has 20 heavy (non-hydrogen) atoms. The van der Waals surface area contributed by atoms with E-state index in [2.05, 4.69) is 72.2 Å². The van der Waals surface area contributed by atoms with Gasteiger partial charge in [0, 0.05) is 25.3 Å². The molecule has 0 spiro atoms. The van der Waals surface area contributed by atoms with Gasteiger partial charge in [-0.15, -0.1) is 0 Å². The largest absolute Gasteiger partial charge is 0.370 e. The number of nitrogens with one attached hydrogen (secondary N) is 1. The molecular weight excluding hydrogens is 264 g/mol. The Morgan fingerprint density at radius 2 is 2.00 bits per heavy atom. The monoisotopic (exact) mass is 288 g/mol. The van der Waals surface area contributed by atoms with Gasteiger partial charge in [-0.3, -0.25) is 0 Å². The Balaban J connectivity index is 2.22. The Morgan fingerprint density at radius 3 is 2.65 bits per heavy atom. The molecule has 0 saturated carbocycles. The van der Waals surface area contributed by atoms with Crippen molar-refractivity contribution < 1.29 is 0 Å². The van der Waals surface area contributed by atoms with Crippen LogP contribution in [-0.2, 0) is 6.54 Å². The molecule has 1 unspecified atom stereocenters. The Bertz CT molecular complexity index is 507. The van der Waals surface area contributed by atoms with Crippen molar-refractivity contribution in [3.8, 4) is 0 Å². The van der Waals surface area contributed by atoms with Crippen molar-refractivity contribution in [2.75, 3.05) is 18.5 Å². The summed E-state index contributed by atoms with van der Waals surface area (Å²) in [5.74, 6) is 0. The van der Waals surface area contributed by atoms with Gasteiger partial charge in [0.25, 0.3) is 0 Å². The van der Waals surface area contributed by atoms with Gasteiger partial charge in [-0.1, -0.05) is 32.0 Å². The highest BCUT2D eigenvalue weighted by atomic mass is 32.1. The molecule has 2 rings (SSSR count). The number of anilines is 1. The normalized spacial score (nSPS) is 12.3. The number of hydrogen-bond acceptors (Lipinski definition) is 3. The zero-order chi connectivity index (χ0) is 14.4. The summed E-state index contributed by atoms with van der Waals surface area (Å²) in [6.45, 7) is 6.37. The molecule has 0 aliphatic carbocycles. The molecule has 1 atom stereocenters. The zero-order valence-electron chi connectivity index (χ0n) is 12.6. The fourth-order valence-electron chi connectivity index (χ4n) is 2.59. The lowest BCUT2D eigenvalue weighted by atomic mass is 10.0. The average molecular weight is 288 g/mol. The summed E-state index contributed by atoms with van der Waals surface area (Å²) in [4.78, 5) is 2.34. The van der Waals surface area contributed by atoms with E-state index in [4.69, 9.17) is 0 Å². The first-order valence-electron chi connectivity index (χ1n) is 7.30. The minimum absolute atomic E-state index is 0.432. The van der Waals surface area contributed by atoms with Crippen molar-refractivity contribution in [2.24, 2.45) is 0 Å². The van der Waals surface area contributed by atoms with Gasteiger partial charge < -0.3 is 10.2 Å². The summed E-state index contributed by atoms with van der Waals surface area (Å²) < 4.78 is 0.